The maximum absolute atomic E-state index is 5.96. The van der Waals surface area contributed by atoms with Crippen molar-refractivity contribution in [2.45, 2.75) is 13.0 Å². The van der Waals surface area contributed by atoms with Crippen LogP contribution in [0.1, 0.15) is 16.9 Å². The van der Waals surface area contributed by atoms with Crippen molar-refractivity contribution in [2.75, 3.05) is 20.1 Å². The summed E-state index contributed by atoms with van der Waals surface area (Å²) in [6.07, 6.45) is 5.57. The Kier molecular flexibility index (Phi) is 3.93. The van der Waals surface area contributed by atoms with Crippen molar-refractivity contribution in [1.29, 1.82) is 0 Å². The molecule has 1 aliphatic rings. The molecule has 0 unspecified atom stereocenters. The van der Waals surface area contributed by atoms with Crippen LogP contribution >= 0.6 is 11.3 Å². The number of H-pyrrole nitrogens is 1. The summed E-state index contributed by atoms with van der Waals surface area (Å²) in [6.45, 7) is 2.78. The van der Waals surface area contributed by atoms with Crippen molar-refractivity contribution in [3.05, 3.63) is 58.4 Å². The minimum Gasteiger partial charge on any atom is -0.488 e. The van der Waals surface area contributed by atoms with Gasteiger partial charge in [0.1, 0.15) is 12.4 Å². The monoisotopic (exact) mass is 324 g/mol. The Hall–Kier alpha value is -2.04. The van der Waals surface area contributed by atoms with Gasteiger partial charge in [-0.25, -0.2) is 0 Å². The fourth-order valence-electron chi connectivity index (χ4n) is 3.02. The van der Waals surface area contributed by atoms with E-state index in [9.17, 15) is 0 Å². The first-order valence-electron chi connectivity index (χ1n) is 7.94. The Morgan fingerprint density at radius 3 is 3.04 bits per heavy atom. The Bertz CT molecular complexity index is 832. The second kappa shape index (κ2) is 6.22. The molecular weight excluding hydrogens is 304 g/mol. The molecule has 0 amide bonds. The summed E-state index contributed by atoms with van der Waals surface area (Å²) < 4.78 is 5.96. The number of nitrogens with one attached hydrogen (secondary N) is 1. The molecule has 23 heavy (non-hydrogen) atoms. The zero-order chi connectivity index (χ0) is 15.6. The molecule has 0 fully saturated rings. The Labute approximate surface area is 140 Å². The number of fused-ring (bicyclic) bond motifs is 1. The van der Waals surface area contributed by atoms with E-state index >= 15 is 0 Å². The molecule has 0 bridgehead atoms. The normalized spacial score (nSPS) is 15.8. The predicted molar refractivity (Wildman–Crippen MR) is 97.0 cm³/mol. The van der Waals surface area contributed by atoms with E-state index in [0.29, 0.717) is 6.61 Å². The first kappa shape index (κ1) is 14.5. The van der Waals surface area contributed by atoms with Crippen LogP contribution in [0.5, 0.6) is 5.75 Å². The molecule has 1 N–H and O–H groups in total. The minimum absolute atomic E-state index is 0.635. The van der Waals surface area contributed by atoms with Crippen LogP contribution < -0.4 is 4.74 Å². The molecule has 3 aromatic rings. The Balaban J connectivity index is 1.61. The van der Waals surface area contributed by atoms with E-state index in [0.717, 1.165) is 25.3 Å². The van der Waals surface area contributed by atoms with E-state index in [4.69, 9.17) is 4.74 Å². The van der Waals surface area contributed by atoms with Gasteiger partial charge in [-0.2, -0.15) is 0 Å². The van der Waals surface area contributed by atoms with Gasteiger partial charge in [0.05, 0.1) is 0 Å². The largest absolute Gasteiger partial charge is 0.488 e. The van der Waals surface area contributed by atoms with Crippen LogP contribution in [0.2, 0.25) is 0 Å². The van der Waals surface area contributed by atoms with Crippen LogP contribution in [0.15, 0.2) is 48.0 Å². The Morgan fingerprint density at radius 2 is 2.26 bits per heavy atom. The average Bonchev–Trinajstić information content (AvgIpc) is 3.23. The topological polar surface area (TPSA) is 28.3 Å². The standard InChI is InChI=1S/C19H20N2OS/c1-21-8-6-14(7-9-21)18-12-20-19-5-4-15(11-17(18)19)22-13-16-3-2-10-23-16/h2-6,10-12,20H,7-9,13H2,1H3. The second-order valence-corrected chi connectivity index (χ2v) is 7.05. The number of thiophene rings is 1. The van der Waals surface area contributed by atoms with Gasteiger partial charge in [0, 0.05) is 40.6 Å². The maximum atomic E-state index is 5.96. The second-order valence-electron chi connectivity index (χ2n) is 6.02. The first-order valence-corrected chi connectivity index (χ1v) is 8.82. The fraction of sp³-hybridized carbons (Fsp3) is 0.263. The van der Waals surface area contributed by atoms with E-state index in [-0.39, 0.29) is 0 Å². The number of ether oxygens (including phenoxy) is 1. The molecule has 4 heteroatoms. The number of hydrogen-bond acceptors (Lipinski definition) is 3. The highest BCUT2D eigenvalue weighted by molar-refractivity contribution is 7.09. The van der Waals surface area contributed by atoms with Crippen LogP contribution in [0.25, 0.3) is 16.5 Å². The molecule has 4 rings (SSSR count). The van der Waals surface area contributed by atoms with Crippen LogP contribution in [-0.2, 0) is 6.61 Å². The van der Waals surface area contributed by atoms with Crippen LogP contribution in [0.4, 0.5) is 0 Å². The lowest BCUT2D eigenvalue weighted by atomic mass is 9.99. The molecule has 0 saturated heterocycles. The maximum Gasteiger partial charge on any atom is 0.122 e. The summed E-state index contributed by atoms with van der Waals surface area (Å²) in [6, 6.07) is 10.5. The van der Waals surface area contributed by atoms with Crippen molar-refractivity contribution in [1.82, 2.24) is 9.88 Å². The zero-order valence-electron chi connectivity index (χ0n) is 13.2. The van der Waals surface area contributed by atoms with Gasteiger partial charge in [0.15, 0.2) is 0 Å². The summed E-state index contributed by atoms with van der Waals surface area (Å²) in [5.74, 6) is 0.931. The lowest BCUT2D eigenvalue weighted by Gasteiger charge is -2.21. The van der Waals surface area contributed by atoms with Crippen molar-refractivity contribution in [3.63, 3.8) is 0 Å². The van der Waals surface area contributed by atoms with Gasteiger partial charge < -0.3 is 14.6 Å². The number of nitrogens with zero attached hydrogens (tertiary/aromatic N) is 1. The zero-order valence-corrected chi connectivity index (χ0v) is 14.0. The van der Waals surface area contributed by atoms with Crippen molar-refractivity contribution < 1.29 is 4.74 Å². The van der Waals surface area contributed by atoms with Crippen LogP contribution in [0, 0.1) is 0 Å². The van der Waals surface area contributed by atoms with Crippen molar-refractivity contribution in [2.24, 2.45) is 0 Å². The lowest BCUT2D eigenvalue weighted by Crippen LogP contribution is -2.23. The van der Waals surface area contributed by atoms with Gasteiger partial charge in [-0.1, -0.05) is 12.1 Å². The van der Waals surface area contributed by atoms with E-state index in [1.807, 2.05) is 6.07 Å². The van der Waals surface area contributed by atoms with E-state index < -0.39 is 0 Å². The number of rotatable bonds is 4. The molecule has 3 nitrogen and oxygen atoms in total. The Morgan fingerprint density at radius 1 is 1.30 bits per heavy atom. The summed E-state index contributed by atoms with van der Waals surface area (Å²) in [5, 5.41) is 3.34. The van der Waals surface area contributed by atoms with Gasteiger partial charge in [-0.15, -0.1) is 11.3 Å². The van der Waals surface area contributed by atoms with Crippen molar-refractivity contribution >= 4 is 27.8 Å². The molecule has 0 radical (unpaired) electrons. The fourth-order valence-corrected chi connectivity index (χ4v) is 3.64. The number of likely N-dealkylation sites (N-methyl/N-ethyl adjacent to an activating group) is 1. The lowest BCUT2D eigenvalue weighted by molar-refractivity contribution is 0.310. The molecule has 0 atom stereocenters. The third-order valence-electron chi connectivity index (χ3n) is 4.37. The summed E-state index contributed by atoms with van der Waals surface area (Å²) in [4.78, 5) is 6.97. The number of hydrogen-bond donors (Lipinski definition) is 1. The molecule has 1 aliphatic heterocycles. The number of benzene rings is 1. The first-order chi connectivity index (χ1) is 11.3. The molecule has 1 aromatic carbocycles. The van der Waals surface area contributed by atoms with Crippen molar-refractivity contribution in [3.8, 4) is 5.75 Å². The number of aromatic nitrogens is 1. The van der Waals surface area contributed by atoms with Gasteiger partial charge in [0.2, 0.25) is 0 Å². The summed E-state index contributed by atoms with van der Waals surface area (Å²) in [5.41, 5.74) is 3.92. The molecule has 118 valence electrons. The highest BCUT2D eigenvalue weighted by Crippen LogP contribution is 2.31. The van der Waals surface area contributed by atoms with Crippen LogP contribution in [-0.4, -0.2) is 30.0 Å². The average molecular weight is 324 g/mol. The van der Waals surface area contributed by atoms with E-state index in [1.165, 1.54) is 26.9 Å². The van der Waals surface area contributed by atoms with E-state index in [1.54, 1.807) is 11.3 Å². The highest BCUT2D eigenvalue weighted by atomic mass is 32.1. The minimum atomic E-state index is 0.635. The molecule has 0 spiro atoms. The molecule has 2 aromatic heterocycles. The van der Waals surface area contributed by atoms with Gasteiger partial charge in [0.25, 0.3) is 0 Å². The SMILES string of the molecule is CN1CC=C(c2c[nH]c3ccc(OCc4cccs4)cc23)CC1. The predicted octanol–water partition coefficient (Wildman–Crippen LogP) is 4.53. The molecule has 0 aliphatic carbocycles. The quantitative estimate of drug-likeness (QED) is 0.764. The molecule has 0 saturated carbocycles. The van der Waals surface area contributed by atoms with Crippen LogP contribution in [0.3, 0.4) is 0 Å². The third kappa shape index (κ3) is 3.05. The van der Waals surface area contributed by atoms with E-state index in [2.05, 4.69) is 58.8 Å². The molecule has 3 heterocycles. The van der Waals surface area contributed by atoms with Gasteiger partial charge >= 0.3 is 0 Å². The summed E-state index contributed by atoms with van der Waals surface area (Å²) >= 11 is 1.73. The van der Waals surface area contributed by atoms with Gasteiger partial charge in [-0.3, -0.25) is 0 Å². The molecular formula is C19H20N2OS. The van der Waals surface area contributed by atoms with Gasteiger partial charge in [-0.05, 0) is 48.7 Å². The third-order valence-corrected chi connectivity index (χ3v) is 5.22. The smallest absolute Gasteiger partial charge is 0.122 e. The highest BCUT2D eigenvalue weighted by Gasteiger charge is 2.14. The summed E-state index contributed by atoms with van der Waals surface area (Å²) in [7, 11) is 2.17. The number of aromatic amines is 1.